The SMILES string of the molecule is CC1(C)C(CNC(=O)C2CS(=O)(=O)CC2C(F)(F)F)C1(C)C. The van der Waals surface area contributed by atoms with Gasteiger partial charge in [0.2, 0.25) is 5.91 Å². The highest BCUT2D eigenvalue weighted by atomic mass is 32.2. The number of amides is 1. The van der Waals surface area contributed by atoms with E-state index in [2.05, 4.69) is 5.32 Å². The third-order valence-electron chi connectivity index (χ3n) is 5.91. The van der Waals surface area contributed by atoms with Crippen molar-refractivity contribution in [3.05, 3.63) is 0 Å². The quantitative estimate of drug-likeness (QED) is 0.854. The standard InChI is InChI=1S/C14H22F3NO3S/c1-12(2)10(13(12,3)4)5-18-11(19)8-6-22(20,21)7-9(8)14(15,16)17/h8-10H,5-7H2,1-4H3,(H,18,19). The van der Waals surface area contributed by atoms with E-state index in [9.17, 15) is 26.4 Å². The average Bonchev–Trinajstić information content (AvgIpc) is 2.61. The first-order chi connectivity index (χ1) is 9.70. The first kappa shape index (κ1) is 17.6. The van der Waals surface area contributed by atoms with Crippen molar-refractivity contribution >= 4 is 15.7 Å². The lowest BCUT2D eigenvalue weighted by molar-refractivity contribution is -0.181. The van der Waals surface area contributed by atoms with Crippen molar-refractivity contribution in [1.29, 1.82) is 0 Å². The molecule has 0 bridgehead atoms. The second-order valence-electron chi connectivity index (χ2n) is 7.57. The van der Waals surface area contributed by atoms with Crippen molar-refractivity contribution in [2.75, 3.05) is 18.1 Å². The zero-order valence-electron chi connectivity index (χ0n) is 13.1. The molecule has 0 aromatic carbocycles. The molecule has 1 N–H and O–H groups in total. The highest BCUT2D eigenvalue weighted by Crippen LogP contribution is 2.67. The Balaban J connectivity index is 2.03. The van der Waals surface area contributed by atoms with E-state index in [1.807, 2.05) is 27.7 Å². The van der Waals surface area contributed by atoms with Gasteiger partial charge < -0.3 is 5.32 Å². The Hall–Kier alpha value is -0.790. The number of sulfone groups is 1. The monoisotopic (exact) mass is 341 g/mol. The minimum atomic E-state index is -4.68. The summed E-state index contributed by atoms with van der Waals surface area (Å²) in [7, 11) is -3.82. The Morgan fingerprint density at radius 2 is 1.64 bits per heavy atom. The third-order valence-corrected chi connectivity index (χ3v) is 7.64. The molecule has 1 heterocycles. The summed E-state index contributed by atoms with van der Waals surface area (Å²) in [5, 5.41) is 2.53. The van der Waals surface area contributed by atoms with Crippen LogP contribution in [0.15, 0.2) is 0 Å². The molecule has 0 radical (unpaired) electrons. The number of rotatable bonds is 3. The van der Waals surface area contributed by atoms with Crippen molar-refractivity contribution in [1.82, 2.24) is 5.32 Å². The van der Waals surface area contributed by atoms with Gasteiger partial charge in [0, 0.05) is 6.54 Å². The smallest absolute Gasteiger partial charge is 0.356 e. The maximum Gasteiger partial charge on any atom is 0.393 e. The van der Waals surface area contributed by atoms with Gasteiger partial charge >= 0.3 is 6.18 Å². The molecule has 2 unspecified atom stereocenters. The molecule has 0 aromatic heterocycles. The lowest BCUT2D eigenvalue weighted by Crippen LogP contribution is -2.41. The van der Waals surface area contributed by atoms with Gasteiger partial charge in [0.25, 0.3) is 0 Å². The van der Waals surface area contributed by atoms with Crippen LogP contribution in [-0.2, 0) is 14.6 Å². The van der Waals surface area contributed by atoms with Crippen molar-refractivity contribution in [3.63, 3.8) is 0 Å². The fourth-order valence-electron chi connectivity index (χ4n) is 3.61. The molecule has 1 saturated carbocycles. The van der Waals surface area contributed by atoms with E-state index in [-0.39, 0.29) is 23.3 Å². The van der Waals surface area contributed by atoms with Gasteiger partial charge in [0.15, 0.2) is 9.84 Å². The normalized spacial score (nSPS) is 32.7. The van der Waals surface area contributed by atoms with Crippen LogP contribution in [0.3, 0.4) is 0 Å². The molecule has 1 amide bonds. The molecule has 22 heavy (non-hydrogen) atoms. The van der Waals surface area contributed by atoms with Gasteiger partial charge in [-0.1, -0.05) is 27.7 Å². The lowest BCUT2D eigenvalue weighted by atomic mass is 9.94. The first-order valence-corrected chi connectivity index (χ1v) is 9.07. The molecule has 2 rings (SSSR count). The molecule has 0 aromatic rings. The van der Waals surface area contributed by atoms with Crippen LogP contribution in [0.25, 0.3) is 0 Å². The molecule has 4 nitrogen and oxygen atoms in total. The summed E-state index contributed by atoms with van der Waals surface area (Å²) < 4.78 is 61.7. The summed E-state index contributed by atoms with van der Waals surface area (Å²) in [6, 6.07) is 0. The predicted molar refractivity (Wildman–Crippen MR) is 75.8 cm³/mol. The van der Waals surface area contributed by atoms with Crippen molar-refractivity contribution in [2.24, 2.45) is 28.6 Å². The molecule has 2 aliphatic rings. The molecule has 8 heteroatoms. The van der Waals surface area contributed by atoms with Crippen LogP contribution < -0.4 is 5.32 Å². The minimum Gasteiger partial charge on any atom is -0.356 e. The Bertz CT molecular complexity index is 567. The van der Waals surface area contributed by atoms with Crippen molar-refractivity contribution < 1.29 is 26.4 Å². The molecule has 2 atom stereocenters. The summed E-state index contributed by atoms with van der Waals surface area (Å²) in [5.41, 5.74) is 0.0108. The van der Waals surface area contributed by atoms with E-state index in [0.717, 1.165) is 0 Å². The van der Waals surface area contributed by atoms with Gasteiger partial charge in [-0.05, 0) is 16.7 Å². The van der Waals surface area contributed by atoms with Crippen LogP contribution in [0.2, 0.25) is 0 Å². The van der Waals surface area contributed by atoms with E-state index < -0.39 is 45.3 Å². The summed E-state index contributed by atoms with van der Waals surface area (Å²) in [5.74, 6) is -5.98. The molecule has 1 aliphatic heterocycles. The topological polar surface area (TPSA) is 63.2 Å². The molecule has 2 fully saturated rings. The van der Waals surface area contributed by atoms with Crippen LogP contribution in [0.1, 0.15) is 27.7 Å². The number of carbonyl (C=O) groups is 1. The summed E-state index contributed by atoms with van der Waals surface area (Å²) in [6.45, 7) is 8.45. The third kappa shape index (κ3) is 2.86. The lowest BCUT2D eigenvalue weighted by Gasteiger charge is -2.20. The van der Waals surface area contributed by atoms with Gasteiger partial charge in [-0.25, -0.2) is 8.42 Å². The Morgan fingerprint density at radius 1 is 1.14 bits per heavy atom. The summed E-state index contributed by atoms with van der Waals surface area (Å²) in [6.07, 6.45) is -4.68. The second-order valence-corrected chi connectivity index (χ2v) is 9.73. The highest BCUT2D eigenvalue weighted by molar-refractivity contribution is 7.91. The maximum atomic E-state index is 12.9. The van der Waals surface area contributed by atoms with Crippen LogP contribution in [-0.4, -0.2) is 38.6 Å². The number of alkyl halides is 3. The number of hydrogen-bond acceptors (Lipinski definition) is 3. The second kappa shape index (κ2) is 4.85. The number of hydrogen-bond donors (Lipinski definition) is 1. The first-order valence-electron chi connectivity index (χ1n) is 7.25. The highest BCUT2D eigenvalue weighted by Gasteiger charge is 2.64. The van der Waals surface area contributed by atoms with Gasteiger partial charge in [-0.2, -0.15) is 13.2 Å². The fourth-order valence-corrected chi connectivity index (χ4v) is 5.64. The van der Waals surface area contributed by atoms with Gasteiger partial charge in [-0.3, -0.25) is 4.79 Å². The minimum absolute atomic E-state index is 0.00542. The van der Waals surface area contributed by atoms with Gasteiger partial charge in [0.05, 0.1) is 23.3 Å². The Kier molecular flexibility index (Phi) is 3.87. The van der Waals surface area contributed by atoms with Crippen LogP contribution in [0, 0.1) is 28.6 Å². The molecular weight excluding hydrogens is 319 g/mol. The van der Waals surface area contributed by atoms with E-state index in [0.29, 0.717) is 0 Å². The van der Waals surface area contributed by atoms with Crippen LogP contribution in [0.5, 0.6) is 0 Å². The summed E-state index contributed by atoms with van der Waals surface area (Å²) >= 11 is 0. The predicted octanol–water partition coefficient (Wildman–Crippen LogP) is 2.01. The van der Waals surface area contributed by atoms with Gasteiger partial charge in [0.1, 0.15) is 0 Å². The molecular formula is C14H22F3NO3S. The van der Waals surface area contributed by atoms with Crippen LogP contribution in [0.4, 0.5) is 13.2 Å². The molecule has 0 spiro atoms. The van der Waals surface area contributed by atoms with Crippen LogP contribution >= 0.6 is 0 Å². The molecule has 1 saturated heterocycles. The Labute approximate surface area is 128 Å². The van der Waals surface area contributed by atoms with Crippen molar-refractivity contribution in [3.8, 4) is 0 Å². The summed E-state index contributed by atoms with van der Waals surface area (Å²) in [4.78, 5) is 12.1. The molecule has 128 valence electrons. The number of carbonyl (C=O) groups excluding carboxylic acids is 1. The van der Waals surface area contributed by atoms with E-state index in [1.54, 1.807) is 0 Å². The maximum absolute atomic E-state index is 12.9. The largest absolute Gasteiger partial charge is 0.393 e. The Morgan fingerprint density at radius 3 is 2.05 bits per heavy atom. The number of halogens is 3. The zero-order valence-corrected chi connectivity index (χ0v) is 13.9. The average molecular weight is 341 g/mol. The van der Waals surface area contributed by atoms with Gasteiger partial charge in [-0.15, -0.1) is 0 Å². The van der Waals surface area contributed by atoms with Crippen molar-refractivity contribution in [2.45, 2.75) is 33.9 Å². The molecule has 1 aliphatic carbocycles. The van der Waals surface area contributed by atoms with E-state index >= 15 is 0 Å². The fraction of sp³-hybridized carbons (Fsp3) is 0.929. The van der Waals surface area contributed by atoms with E-state index in [1.165, 1.54) is 0 Å². The van der Waals surface area contributed by atoms with E-state index in [4.69, 9.17) is 0 Å². The number of nitrogens with one attached hydrogen (secondary N) is 1. The zero-order chi connectivity index (χ0) is 17.1.